The maximum Gasteiger partial charge on any atom is 0.229 e. The lowest BCUT2D eigenvalue weighted by molar-refractivity contribution is 0.123. The molecule has 2 aromatic carbocycles. The van der Waals surface area contributed by atoms with E-state index in [0.717, 1.165) is 54.1 Å². The van der Waals surface area contributed by atoms with Crippen LogP contribution < -0.4 is 15.5 Å². The number of hydrogen-bond donors (Lipinski definition) is 2. The summed E-state index contributed by atoms with van der Waals surface area (Å²) in [5.41, 5.74) is 3.13. The molecule has 0 atom stereocenters. The monoisotopic (exact) mass is 395 g/mol. The van der Waals surface area contributed by atoms with Gasteiger partial charge in [0.15, 0.2) is 0 Å². The molecule has 1 aliphatic heterocycles. The molecule has 6 nitrogen and oxygen atoms in total. The number of anilines is 4. The molecule has 3 aromatic rings. The number of nitrogens with zero attached hydrogens (tertiary/aromatic N) is 3. The third-order valence-electron chi connectivity index (χ3n) is 4.58. The van der Waals surface area contributed by atoms with Gasteiger partial charge >= 0.3 is 0 Å². The summed E-state index contributed by atoms with van der Waals surface area (Å²) in [6.45, 7) is 3.83. The van der Waals surface area contributed by atoms with E-state index in [1.807, 2.05) is 48.5 Å². The van der Waals surface area contributed by atoms with Crippen molar-refractivity contribution in [3.05, 3.63) is 71.4 Å². The smallest absolute Gasteiger partial charge is 0.229 e. The summed E-state index contributed by atoms with van der Waals surface area (Å²) >= 11 is 6.22. The van der Waals surface area contributed by atoms with Crippen molar-refractivity contribution >= 4 is 34.7 Å². The number of benzene rings is 2. The standard InChI is InChI=1S/C21H22ClN5O/c22-17-6-2-1-5-16(17)15-24-20-9-10-23-21(26-20)25-18-7-3-4-8-19(18)27-11-13-28-14-12-27/h1-10H,11-15H2,(H2,23,24,25,26). The van der Waals surface area contributed by atoms with Crippen molar-refractivity contribution in [3.8, 4) is 0 Å². The zero-order chi connectivity index (χ0) is 19.2. The minimum atomic E-state index is 0.546. The van der Waals surface area contributed by atoms with E-state index in [2.05, 4.69) is 31.6 Å². The van der Waals surface area contributed by atoms with E-state index in [1.54, 1.807) is 6.20 Å². The zero-order valence-corrected chi connectivity index (χ0v) is 16.2. The first-order valence-electron chi connectivity index (χ1n) is 9.29. The minimum Gasteiger partial charge on any atom is -0.378 e. The summed E-state index contributed by atoms with van der Waals surface area (Å²) < 4.78 is 5.46. The third-order valence-corrected chi connectivity index (χ3v) is 4.94. The van der Waals surface area contributed by atoms with Crippen LogP contribution in [0, 0.1) is 0 Å². The van der Waals surface area contributed by atoms with E-state index >= 15 is 0 Å². The Morgan fingerprint density at radius 2 is 1.79 bits per heavy atom. The predicted molar refractivity (Wildman–Crippen MR) is 114 cm³/mol. The van der Waals surface area contributed by atoms with Crippen LogP contribution in [0.4, 0.5) is 23.1 Å². The molecule has 0 saturated carbocycles. The van der Waals surface area contributed by atoms with Crippen molar-refractivity contribution < 1.29 is 4.74 Å². The van der Waals surface area contributed by atoms with Crippen LogP contribution in [0.2, 0.25) is 5.02 Å². The number of para-hydroxylation sites is 2. The van der Waals surface area contributed by atoms with Gasteiger partial charge in [-0.1, -0.05) is 41.9 Å². The molecule has 4 rings (SSSR count). The number of rotatable bonds is 6. The van der Waals surface area contributed by atoms with Gasteiger partial charge in [-0.05, 0) is 29.8 Å². The highest BCUT2D eigenvalue weighted by Crippen LogP contribution is 2.28. The van der Waals surface area contributed by atoms with Crippen molar-refractivity contribution in [3.63, 3.8) is 0 Å². The van der Waals surface area contributed by atoms with E-state index in [0.29, 0.717) is 12.5 Å². The molecule has 2 heterocycles. The van der Waals surface area contributed by atoms with Crippen molar-refractivity contribution in [2.75, 3.05) is 41.8 Å². The van der Waals surface area contributed by atoms with Crippen LogP contribution in [0.5, 0.6) is 0 Å². The average Bonchev–Trinajstić information content (AvgIpc) is 2.74. The number of halogens is 1. The molecule has 0 aliphatic carbocycles. The molecule has 0 bridgehead atoms. The molecule has 0 spiro atoms. The quantitative estimate of drug-likeness (QED) is 0.648. The molecule has 1 aliphatic rings. The second-order valence-electron chi connectivity index (χ2n) is 6.45. The normalized spacial score (nSPS) is 14.0. The van der Waals surface area contributed by atoms with Crippen molar-refractivity contribution in [1.82, 2.24) is 9.97 Å². The van der Waals surface area contributed by atoms with Crippen LogP contribution in [0.25, 0.3) is 0 Å². The Morgan fingerprint density at radius 1 is 1.00 bits per heavy atom. The highest BCUT2D eigenvalue weighted by atomic mass is 35.5. The molecule has 7 heteroatoms. The molecule has 1 saturated heterocycles. The van der Waals surface area contributed by atoms with E-state index in [4.69, 9.17) is 16.3 Å². The lowest BCUT2D eigenvalue weighted by Crippen LogP contribution is -2.36. The first kappa shape index (κ1) is 18.5. The first-order chi connectivity index (χ1) is 13.8. The van der Waals surface area contributed by atoms with Crippen molar-refractivity contribution in [2.24, 2.45) is 0 Å². The molecule has 0 radical (unpaired) electrons. The maximum atomic E-state index is 6.22. The van der Waals surface area contributed by atoms with Crippen LogP contribution in [-0.2, 0) is 11.3 Å². The second-order valence-corrected chi connectivity index (χ2v) is 6.86. The molecule has 1 aromatic heterocycles. The Bertz CT molecular complexity index is 930. The molecular weight excluding hydrogens is 374 g/mol. The zero-order valence-electron chi connectivity index (χ0n) is 15.4. The fourth-order valence-corrected chi connectivity index (χ4v) is 3.33. The fourth-order valence-electron chi connectivity index (χ4n) is 3.12. The van der Waals surface area contributed by atoms with Gasteiger partial charge in [0.1, 0.15) is 5.82 Å². The predicted octanol–water partition coefficient (Wildman–Crippen LogP) is 4.32. The summed E-state index contributed by atoms with van der Waals surface area (Å²) in [6, 6.07) is 17.8. The van der Waals surface area contributed by atoms with Gasteiger partial charge in [0.25, 0.3) is 0 Å². The first-order valence-corrected chi connectivity index (χ1v) is 9.66. The van der Waals surface area contributed by atoms with Crippen LogP contribution >= 0.6 is 11.6 Å². The van der Waals surface area contributed by atoms with Crippen LogP contribution in [0.3, 0.4) is 0 Å². The van der Waals surface area contributed by atoms with Crippen LogP contribution in [-0.4, -0.2) is 36.3 Å². The summed E-state index contributed by atoms with van der Waals surface area (Å²) in [4.78, 5) is 11.3. The molecule has 0 amide bonds. The van der Waals surface area contributed by atoms with Gasteiger partial charge in [0.05, 0.1) is 24.6 Å². The van der Waals surface area contributed by atoms with Crippen LogP contribution in [0.1, 0.15) is 5.56 Å². The molecule has 28 heavy (non-hydrogen) atoms. The van der Waals surface area contributed by atoms with E-state index in [-0.39, 0.29) is 0 Å². The van der Waals surface area contributed by atoms with Gasteiger partial charge in [-0.3, -0.25) is 0 Å². The topological polar surface area (TPSA) is 62.3 Å². The molecule has 144 valence electrons. The van der Waals surface area contributed by atoms with Gasteiger partial charge in [-0.2, -0.15) is 4.98 Å². The van der Waals surface area contributed by atoms with Gasteiger partial charge in [0, 0.05) is 30.9 Å². The summed E-state index contributed by atoms with van der Waals surface area (Å²) in [6.07, 6.45) is 1.74. The van der Waals surface area contributed by atoms with E-state index in [9.17, 15) is 0 Å². The van der Waals surface area contributed by atoms with Crippen LogP contribution in [0.15, 0.2) is 60.8 Å². The lowest BCUT2D eigenvalue weighted by atomic mass is 10.2. The highest BCUT2D eigenvalue weighted by molar-refractivity contribution is 6.31. The molecule has 2 N–H and O–H groups in total. The number of morpholine rings is 1. The van der Waals surface area contributed by atoms with Gasteiger partial charge < -0.3 is 20.3 Å². The van der Waals surface area contributed by atoms with Gasteiger partial charge in [0.2, 0.25) is 5.95 Å². The minimum absolute atomic E-state index is 0.546. The highest BCUT2D eigenvalue weighted by Gasteiger charge is 2.15. The number of hydrogen-bond acceptors (Lipinski definition) is 6. The largest absolute Gasteiger partial charge is 0.378 e. The average molecular weight is 396 g/mol. The van der Waals surface area contributed by atoms with Gasteiger partial charge in [-0.15, -0.1) is 0 Å². The summed E-state index contributed by atoms with van der Waals surface area (Å²) in [5.74, 6) is 1.28. The van der Waals surface area contributed by atoms with E-state index in [1.165, 1.54) is 0 Å². The molecule has 1 fully saturated rings. The second kappa shape index (κ2) is 8.91. The Hall–Kier alpha value is -2.83. The molecule has 0 unspecified atom stereocenters. The SMILES string of the molecule is Clc1ccccc1CNc1ccnc(Nc2ccccc2N2CCOCC2)n1. The summed E-state index contributed by atoms with van der Waals surface area (Å²) in [5, 5.41) is 7.39. The fraction of sp³-hybridized carbons (Fsp3) is 0.238. The van der Waals surface area contributed by atoms with Crippen molar-refractivity contribution in [1.29, 1.82) is 0 Å². The number of ether oxygens (including phenoxy) is 1. The Labute approximate surface area is 169 Å². The number of nitrogens with one attached hydrogen (secondary N) is 2. The van der Waals surface area contributed by atoms with Gasteiger partial charge in [-0.25, -0.2) is 4.98 Å². The maximum absolute atomic E-state index is 6.22. The third kappa shape index (κ3) is 4.52. The number of aromatic nitrogens is 2. The van der Waals surface area contributed by atoms with E-state index < -0.39 is 0 Å². The summed E-state index contributed by atoms with van der Waals surface area (Å²) in [7, 11) is 0. The molecular formula is C21H22ClN5O. The Kier molecular flexibility index (Phi) is 5.89. The Balaban J connectivity index is 1.47. The Morgan fingerprint density at radius 3 is 2.64 bits per heavy atom. The van der Waals surface area contributed by atoms with Crippen molar-refractivity contribution in [2.45, 2.75) is 6.54 Å². The lowest BCUT2D eigenvalue weighted by Gasteiger charge is -2.30.